The van der Waals surface area contributed by atoms with Crippen LogP contribution in [0.2, 0.25) is 0 Å². The number of nitrogens with two attached hydrogens (primary N) is 1. The summed E-state index contributed by atoms with van der Waals surface area (Å²) in [6, 6.07) is 9.20. The molecule has 2 aromatic heterocycles. The first-order chi connectivity index (χ1) is 14.6. The van der Waals surface area contributed by atoms with Crippen LogP contribution in [0.15, 0.2) is 53.7 Å². The third kappa shape index (κ3) is 4.64. The Morgan fingerprint density at radius 1 is 1.13 bits per heavy atom. The Morgan fingerprint density at radius 3 is 2.63 bits per heavy atom. The van der Waals surface area contributed by atoms with Gasteiger partial charge in [0, 0.05) is 29.1 Å². The number of anilines is 3. The number of carbonyl (C=O) groups is 1. The van der Waals surface area contributed by atoms with Crippen LogP contribution in [0.4, 0.5) is 17.2 Å². The van der Waals surface area contributed by atoms with Crippen molar-refractivity contribution in [3.63, 3.8) is 0 Å². The molecule has 0 aliphatic carbocycles. The molecule has 4 rings (SSSR count). The molecule has 30 heavy (non-hydrogen) atoms. The molecule has 9 nitrogen and oxygen atoms in total. The number of rotatable bonds is 5. The quantitative estimate of drug-likeness (QED) is 0.436. The maximum absolute atomic E-state index is 12.6. The van der Waals surface area contributed by atoms with Crippen LogP contribution in [0, 0.1) is 0 Å². The average molecular weight is 405 g/mol. The summed E-state index contributed by atoms with van der Waals surface area (Å²) in [4.78, 5) is 35.6. The van der Waals surface area contributed by atoms with Crippen LogP contribution in [0.25, 0.3) is 11.3 Å². The molecule has 9 heteroatoms. The van der Waals surface area contributed by atoms with Crippen LogP contribution in [-0.2, 0) is 0 Å². The Morgan fingerprint density at radius 2 is 1.90 bits per heavy atom. The molecule has 0 saturated carbocycles. The minimum Gasteiger partial charge on any atom is -0.382 e. The van der Waals surface area contributed by atoms with Gasteiger partial charge in [0.2, 0.25) is 0 Å². The van der Waals surface area contributed by atoms with Gasteiger partial charge >= 0.3 is 0 Å². The van der Waals surface area contributed by atoms with Crippen molar-refractivity contribution in [2.24, 2.45) is 0 Å². The molecule has 1 saturated heterocycles. The minimum absolute atomic E-state index is 0.124. The summed E-state index contributed by atoms with van der Waals surface area (Å²) in [6.07, 6.45) is 6.60. The van der Waals surface area contributed by atoms with E-state index in [0.717, 1.165) is 31.6 Å². The number of benzene rings is 1. The molecule has 154 valence electrons. The molecule has 1 aromatic carbocycles. The van der Waals surface area contributed by atoms with Crippen molar-refractivity contribution in [1.82, 2.24) is 20.3 Å². The lowest BCUT2D eigenvalue weighted by Crippen LogP contribution is -2.35. The molecule has 1 aliphatic heterocycles. The largest absolute Gasteiger partial charge is 0.382 e. The summed E-state index contributed by atoms with van der Waals surface area (Å²) in [5, 5.41) is 9.48. The van der Waals surface area contributed by atoms with Crippen LogP contribution < -0.4 is 27.2 Å². The fourth-order valence-electron chi connectivity index (χ4n) is 3.36. The van der Waals surface area contributed by atoms with E-state index in [-0.39, 0.29) is 17.4 Å². The van der Waals surface area contributed by atoms with Gasteiger partial charge in [-0.2, -0.15) is 0 Å². The summed E-state index contributed by atoms with van der Waals surface area (Å²) in [7, 11) is 0. The number of nitrogens with one attached hydrogen (secondary N) is 4. The van der Waals surface area contributed by atoms with Crippen molar-refractivity contribution in [1.29, 1.82) is 0 Å². The van der Waals surface area contributed by atoms with Crippen molar-refractivity contribution in [3.8, 4) is 11.3 Å². The van der Waals surface area contributed by atoms with E-state index in [0.29, 0.717) is 22.9 Å². The maximum atomic E-state index is 12.6. The summed E-state index contributed by atoms with van der Waals surface area (Å²) >= 11 is 0. The predicted molar refractivity (Wildman–Crippen MR) is 116 cm³/mol. The number of amides is 1. The molecule has 6 N–H and O–H groups in total. The van der Waals surface area contributed by atoms with Crippen molar-refractivity contribution >= 4 is 23.1 Å². The van der Waals surface area contributed by atoms with Crippen molar-refractivity contribution in [2.75, 3.05) is 29.5 Å². The molecular weight excluding hydrogens is 382 g/mol. The van der Waals surface area contributed by atoms with Gasteiger partial charge < -0.3 is 26.7 Å². The number of hydrogen-bond acceptors (Lipinski definition) is 7. The number of H-pyrrole nitrogens is 1. The van der Waals surface area contributed by atoms with Gasteiger partial charge in [-0.15, -0.1) is 0 Å². The molecular formula is C21H23N7O2. The van der Waals surface area contributed by atoms with E-state index < -0.39 is 5.56 Å². The summed E-state index contributed by atoms with van der Waals surface area (Å²) < 4.78 is 0. The third-order valence-corrected chi connectivity index (χ3v) is 4.96. The number of nitrogens with zero attached hydrogens (tertiary/aromatic N) is 2. The Labute approximate surface area is 173 Å². The lowest BCUT2D eigenvalue weighted by atomic mass is 10.1. The first-order valence-electron chi connectivity index (χ1n) is 9.78. The fraction of sp³-hybridized carbons (Fsp3) is 0.238. The Balaban J connectivity index is 1.47. The SMILES string of the molecule is Nc1cncc(-c2c[nH]c(=O)c(NC(=O)c3ccc(NC4CCNCC4)cc3)c2)n1. The highest BCUT2D eigenvalue weighted by molar-refractivity contribution is 6.04. The minimum atomic E-state index is -0.409. The van der Waals surface area contributed by atoms with Crippen molar-refractivity contribution in [2.45, 2.75) is 18.9 Å². The van der Waals surface area contributed by atoms with Crippen LogP contribution in [0.3, 0.4) is 0 Å². The molecule has 0 spiro atoms. The Kier molecular flexibility index (Phi) is 5.71. The summed E-state index contributed by atoms with van der Waals surface area (Å²) in [6.45, 7) is 2.01. The number of carbonyl (C=O) groups excluding carboxylic acids is 1. The normalized spacial score (nSPS) is 14.3. The van der Waals surface area contributed by atoms with Crippen LogP contribution in [-0.4, -0.2) is 40.0 Å². The number of piperidine rings is 1. The second-order valence-electron chi connectivity index (χ2n) is 7.16. The monoisotopic (exact) mass is 405 g/mol. The van der Waals surface area contributed by atoms with Gasteiger partial charge in [0.25, 0.3) is 11.5 Å². The summed E-state index contributed by atoms with van der Waals surface area (Å²) in [5.74, 6) is -0.104. The standard InChI is InChI=1S/C21H23N7O2/c22-19-12-24-11-18(27-19)14-9-17(21(30)25-10-14)28-20(29)13-1-3-15(4-2-13)26-16-5-7-23-8-6-16/h1-4,9-12,16,23,26H,5-8H2,(H2,22,27)(H,25,30)(H,28,29). The van der Waals surface area contributed by atoms with Gasteiger partial charge in [-0.1, -0.05) is 0 Å². The number of aromatic amines is 1. The average Bonchev–Trinajstić information content (AvgIpc) is 2.76. The highest BCUT2D eigenvalue weighted by Crippen LogP contribution is 2.19. The third-order valence-electron chi connectivity index (χ3n) is 4.96. The molecule has 0 bridgehead atoms. The zero-order valence-electron chi connectivity index (χ0n) is 16.3. The zero-order chi connectivity index (χ0) is 20.9. The molecule has 0 unspecified atom stereocenters. The number of aromatic nitrogens is 3. The van der Waals surface area contributed by atoms with Crippen LogP contribution in [0.1, 0.15) is 23.2 Å². The smallest absolute Gasteiger partial charge is 0.271 e. The van der Waals surface area contributed by atoms with E-state index in [4.69, 9.17) is 5.73 Å². The number of hydrogen-bond donors (Lipinski definition) is 5. The highest BCUT2D eigenvalue weighted by Gasteiger charge is 2.14. The lowest BCUT2D eigenvalue weighted by molar-refractivity contribution is 0.102. The van der Waals surface area contributed by atoms with E-state index >= 15 is 0 Å². The molecule has 0 radical (unpaired) electrons. The first kappa shape index (κ1) is 19.6. The number of pyridine rings is 1. The number of nitrogen functional groups attached to an aromatic ring is 1. The Hall–Kier alpha value is -3.72. The first-order valence-corrected chi connectivity index (χ1v) is 9.78. The van der Waals surface area contributed by atoms with Gasteiger partial charge in [0.15, 0.2) is 0 Å². The molecule has 3 heterocycles. The molecule has 0 atom stereocenters. The van der Waals surface area contributed by atoms with Crippen LogP contribution >= 0.6 is 0 Å². The van der Waals surface area contributed by atoms with Crippen molar-refractivity contribution < 1.29 is 4.79 Å². The molecule has 3 aromatic rings. The van der Waals surface area contributed by atoms with Crippen molar-refractivity contribution in [3.05, 3.63) is 64.8 Å². The van der Waals surface area contributed by atoms with E-state index in [1.807, 2.05) is 12.1 Å². The highest BCUT2D eigenvalue weighted by atomic mass is 16.2. The van der Waals surface area contributed by atoms with E-state index in [2.05, 4.69) is 30.9 Å². The Bertz CT molecular complexity index is 1090. The van der Waals surface area contributed by atoms with Crippen LogP contribution in [0.5, 0.6) is 0 Å². The maximum Gasteiger partial charge on any atom is 0.271 e. The summed E-state index contributed by atoms with van der Waals surface area (Å²) in [5.41, 5.74) is 7.90. The molecule has 1 fully saturated rings. The van der Waals surface area contributed by atoms with E-state index in [1.165, 1.54) is 18.6 Å². The second kappa shape index (κ2) is 8.75. The van der Waals surface area contributed by atoms with E-state index in [9.17, 15) is 9.59 Å². The van der Waals surface area contributed by atoms with Gasteiger partial charge in [-0.05, 0) is 56.3 Å². The molecule has 1 amide bonds. The van der Waals surface area contributed by atoms with Gasteiger partial charge in [0.05, 0.1) is 18.1 Å². The predicted octanol–water partition coefficient (Wildman–Crippen LogP) is 1.83. The lowest BCUT2D eigenvalue weighted by Gasteiger charge is -2.24. The second-order valence-corrected chi connectivity index (χ2v) is 7.16. The van der Waals surface area contributed by atoms with E-state index in [1.54, 1.807) is 18.2 Å². The zero-order valence-corrected chi connectivity index (χ0v) is 16.3. The van der Waals surface area contributed by atoms with Gasteiger partial charge in [-0.25, -0.2) is 4.98 Å². The van der Waals surface area contributed by atoms with Gasteiger partial charge in [0.1, 0.15) is 11.5 Å². The topological polar surface area (TPSA) is 138 Å². The fourth-order valence-corrected chi connectivity index (χ4v) is 3.36. The molecule has 1 aliphatic rings. The van der Waals surface area contributed by atoms with Gasteiger partial charge in [-0.3, -0.25) is 14.6 Å².